The Morgan fingerprint density at radius 3 is 1.48 bits per heavy atom. The van der Waals surface area contributed by atoms with E-state index in [1.165, 1.54) is 38.7 Å². The zero-order chi connectivity index (χ0) is 35.7. The minimum Gasteiger partial charge on any atom is -1.00 e. The Kier molecular flexibility index (Phi) is 21.5. The topological polar surface area (TPSA) is 91.7 Å². The van der Waals surface area contributed by atoms with Crippen molar-refractivity contribution in [3.05, 3.63) is 72.4 Å². The van der Waals surface area contributed by atoms with Gasteiger partial charge in [-0.1, -0.05) is 34.0 Å². The molecule has 16 heteroatoms. The van der Waals surface area contributed by atoms with E-state index in [2.05, 4.69) is 32.3 Å². The summed E-state index contributed by atoms with van der Waals surface area (Å²) in [5, 5.41) is 0. The van der Waals surface area contributed by atoms with Gasteiger partial charge in [0.25, 0.3) is 17.6 Å². The highest BCUT2D eigenvalue weighted by Gasteiger charge is 2.29. The first-order chi connectivity index (χ1) is 23.3. The summed E-state index contributed by atoms with van der Waals surface area (Å²) < 4.78 is 16.8. The molecule has 2 unspecified atom stereocenters. The van der Waals surface area contributed by atoms with Crippen LogP contribution in [0.1, 0.15) is 75.4 Å². The molecule has 6 rings (SSSR count). The fourth-order valence-corrected chi connectivity index (χ4v) is 8.10. The lowest BCUT2D eigenvalue weighted by Gasteiger charge is -2.34. The molecule has 4 aromatic rings. The zero-order valence-corrected chi connectivity index (χ0v) is 38.5. The van der Waals surface area contributed by atoms with Crippen LogP contribution < -0.4 is 64.6 Å². The van der Waals surface area contributed by atoms with E-state index in [1.54, 1.807) is 46.1 Å². The van der Waals surface area contributed by atoms with Crippen molar-refractivity contribution in [3.8, 4) is 0 Å². The maximum absolute atomic E-state index is 12.3. The van der Waals surface area contributed by atoms with Crippen LogP contribution in [0.3, 0.4) is 0 Å². The largest absolute Gasteiger partial charge is 1.00 e. The number of amides is 2. The van der Waals surface area contributed by atoms with E-state index in [4.69, 9.17) is 9.15 Å². The summed E-state index contributed by atoms with van der Waals surface area (Å²) in [6, 6.07) is 3.42. The molecule has 6 heterocycles. The molecule has 0 saturated carbocycles. The van der Waals surface area contributed by atoms with Crippen LogP contribution in [0.15, 0.2) is 39.3 Å². The van der Waals surface area contributed by atoms with E-state index in [9.17, 15) is 14.4 Å². The third kappa shape index (κ3) is 13.8. The van der Waals surface area contributed by atoms with Crippen molar-refractivity contribution < 1.29 is 88.2 Å². The molecule has 2 atom stereocenters. The summed E-state index contributed by atoms with van der Waals surface area (Å²) in [5.41, 5.74) is 9.58. The molecular formula is C36H52Br3N5O5S3. The second-order valence-electron chi connectivity index (χ2n) is 12.9. The number of aromatic nitrogens is 3. The average Bonchev–Trinajstić information content (AvgIpc) is 3.87. The standard InChI is InChI=1S/C13H21N2O2S.C12H19N2OS.C11H12NO2S.3BrH/c1-9-5-14(6-10(2)17-9)13(16)7-15-8-18-12(4)11(15)3;1-10-11(2)16-9-14(10)8-12(15)13-6-4-3-5-7-13;1-8-9(2)15-7-12(8)6-10(13)11-4-3-5-14-11;;;/h8-10H,5-7H2,1-4H3;9H,3-8H2,1-2H3;3-5,7H,6H2,1-2H3;3*1H/q3*+1;;;/p-3. The van der Waals surface area contributed by atoms with Crippen molar-refractivity contribution in [2.75, 3.05) is 26.2 Å². The van der Waals surface area contributed by atoms with Crippen LogP contribution in [0.25, 0.3) is 0 Å². The molecule has 2 aliphatic heterocycles. The zero-order valence-electron chi connectivity index (χ0n) is 31.3. The van der Waals surface area contributed by atoms with Gasteiger partial charge in [0.15, 0.2) is 22.8 Å². The van der Waals surface area contributed by atoms with Crippen LogP contribution in [0.5, 0.6) is 0 Å². The minimum atomic E-state index is 0. The van der Waals surface area contributed by atoms with Crippen LogP contribution in [0.4, 0.5) is 0 Å². The number of Topliss-reactive ketones (excluding diaryl/α,β-unsaturated/α-hetero) is 1. The first-order valence-corrected chi connectivity index (χ1v) is 19.6. The van der Waals surface area contributed by atoms with Gasteiger partial charge < -0.3 is 69.9 Å². The minimum absolute atomic E-state index is 0. The van der Waals surface area contributed by atoms with E-state index in [0.717, 1.165) is 31.6 Å². The number of piperidine rings is 1. The Labute approximate surface area is 352 Å². The normalized spacial score (nSPS) is 16.5. The second kappa shape index (κ2) is 23.2. The number of carbonyl (C=O) groups is 3. The molecule has 0 spiro atoms. The summed E-state index contributed by atoms with van der Waals surface area (Å²) in [6.45, 7) is 21.0. The molecule has 2 amide bonds. The van der Waals surface area contributed by atoms with Gasteiger partial charge in [-0.15, -0.1) is 0 Å². The van der Waals surface area contributed by atoms with Crippen LogP contribution >= 0.6 is 34.0 Å². The molecule has 2 saturated heterocycles. The van der Waals surface area contributed by atoms with Crippen molar-refractivity contribution in [1.29, 1.82) is 0 Å². The summed E-state index contributed by atoms with van der Waals surface area (Å²) in [7, 11) is 0. The number of halogens is 3. The van der Waals surface area contributed by atoms with Crippen LogP contribution in [-0.2, 0) is 34.0 Å². The number of furan rings is 1. The SMILES string of the molecule is Cc1sc[n+](CC(=O)N2CC(C)OC(C)C2)c1C.Cc1sc[n+](CC(=O)N2CCCCC2)c1C.Cc1sc[n+](CC(=O)c2ccco2)c1C.[Br-].[Br-].[Br-]. The Morgan fingerprint density at radius 2 is 1.10 bits per heavy atom. The average molecular weight is 971 g/mol. The smallest absolute Gasteiger partial charge is 0.288 e. The molecule has 0 radical (unpaired) electrons. The number of hydrogen-bond acceptors (Lipinski definition) is 8. The number of ether oxygens (including phenoxy) is 1. The molecule has 290 valence electrons. The lowest BCUT2D eigenvalue weighted by Crippen LogP contribution is -3.00. The van der Waals surface area contributed by atoms with Gasteiger partial charge in [-0.05, 0) is 66.0 Å². The molecule has 2 fully saturated rings. The monoisotopic (exact) mass is 967 g/mol. The van der Waals surface area contributed by atoms with Gasteiger partial charge in [0.1, 0.15) is 0 Å². The number of hydrogen-bond donors (Lipinski definition) is 0. The second-order valence-corrected chi connectivity index (χ2v) is 16.1. The Morgan fingerprint density at radius 1 is 0.673 bits per heavy atom. The number of nitrogens with zero attached hydrogens (tertiary/aromatic N) is 5. The van der Waals surface area contributed by atoms with Crippen molar-refractivity contribution in [1.82, 2.24) is 9.80 Å². The van der Waals surface area contributed by atoms with Crippen LogP contribution in [-0.4, -0.2) is 65.8 Å². The molecular weight excluding hydrogens is 918 g/mol. The summed E-state index contributed by atoms with van der Waals surface area (Å²) in [6.07, 6.45) is 5.38. The number of rotatable bonds is 7. The predicted octanol–water partition coefficient (Wildman–Crippen LogP) is -3.91. The van der Waals surface area contributed by atoms with Gasteiger partial charge in [-0.3, -0.25) is 14.4 Å². The van der Waals surface area contributed by atoms with Crippen LogP contribution in [0.2, 0.25) is 0 Å². The lowest BCUT2D eigenvalue weighted by atomic mass is 10.1. The van der Waals surface area contributed by atoms with E-state index >= 15 is 0 Å². The maximum atomic E-state index is 12.3. The van der Waals surface area contributed by atoms with Gasteiger partial charge in [0, 0.05) is 47.0 Å². The fourth-order valence-electron chi connectivity index (χ4n) is 5.68. The summed E-state index contributed by atoms with van der Waals surface area (Å²) in [4.78, 5) is 43.8. The lowest BCUT2D eigenvalue weighted by molar-refractivity contribution is -0.686. The molecule has 0 aromatic carbocycles. The molecule has 0 bridgehead atoms. The van der Waals surface area contributed by atoms with Gasteiger partial charge in [0.2, 0.25) is 36.2 Å². The molecule has 10 nitrogen and oxygen atoms in total. The van der Waals surface area contributed by atoms with Crippen molar-refractivity contribution in [2.24, 2.45) is 0 Å². The third-order valence-electron chi connectivity index (χ3n) is 9.09. The highest BCUT2D eigenvalue weighted by molar-refractivity contribution is 7.09. The van der Waals surface area contributed by atoms with Gasteiger partial charge in [-0.25, -0.2) is 0 Å². The number of aryl methyl sites for hydroxylation is 3. The van der Waals surface area contributed by atoms with Crippen molar-refractivity contribution in [3.63, 3.8) is 0 Å². The van der Waals surface area contributed by atoms with E-state index in [-0.39, 0.29) is 80.7 Å². The molecule has 4 aromatic heterocycles. The fraction of sp³-hybridized carbons (Fsp3) is 0.556. The third-order valence-corrected chi connectivity index (χ3v) is 12.1. The molecule has 0 aliphatic carbocycles. The van der Waals surface area contributed by atoms with Gasteiger partial charge >= 0.3 is 0 Å². The first kappa shape index (κ1) is 48.2. The quantitative estimate of drug-likeness (QED) is 0.140. The number of carbonyl (C=O) groups excluding carboxylic acids is 3. The van der Waals surface area contributed by atoms with E-state index in [0.29, 0.717) is 38.5 Å². The van der Waals surface area contributed by atoms with E-state index < -0.39 is 0 Å². The number of ketones is 1. The highest BCUT2D eigenvalue weighted by Crippen LogP contribution is 2.13. The summed E-state index contributed by atoms with van der Waals surface area (Å²) in [5.74, 6) is 0.880. The van der Waals surface area contributed by atoms with Crippen molar-refractivity contribution >= 4 is 51.6 Å². The maximum Gasteiger partial charge on any atom is 0.288 e. The Hall–Kier alpha value is -1.82. The van der Waals surface area contributed by atoms with Crippen molar-refractivity contribution in [2.45, 2.75) is 106 Å². The number of thiazole rings is 3. The highest BCUT2D eigenvalue weighted by atomic mass is 79.9. The molecule has 52 heavy (non-hydrogen) atoms. The first-order valence-electron chi connectivity index (χ1n) is 16.9. The summed E-state index contributed by atoms with van der Waals surface area (Å²) >= 11 is 5.05. The predicted molar refractivity (Wildman–Crippen MR) is 192 cm³/mol. The Balaban J connectivity index is 0.000000381. The van der Waals surface area contributed by atoms with E-state index in [1.807, 2.05) is 63.2 Å². The van der Waals surface area contributed by atoms with Gasteiger partial charge in [0.05, 0.1) is 33.1 Å². The number of likely N-dealkylation sites (tertiary alicyclic amines) is 1. The van der Waals surface area contributed by atoms with Crippen LogP contribution in [0, 0.1) is 41.5 Å². The number of morpholine rings is 1. The van der Waals surface area contributed by atoms with Gasteiger partial charge in [-0.2, -0.15) is 13.7 Å². The molecule has 2 aliphatic rings. The molecule has 0 N–H and O–H groups in total. The Bertz CT molecular complexity index is 1690.